The first-order valence-corrected chi connectivity index (χ1v) is 29.8. The van der Waals surface area contributed by atoms with E-state index in [1.165, 1.54) is 20.1 Å². The molecule has 0 unspecified atom stereocenters. The van der Waals surface area contributed by atoms with E-state index >= 15 is 0 Å². The summed E-state index contributed by atoms with van der Waals surface area (Å²) in [5.74, 6) is -9.12. The number of Topliss-reactive ketones (excluding diaryl/α,β-unsaturated/α-hetero) is 3. The van der Waals surface area contributed by atoms with Gasteiger partial charge in [-0.1, -0.05) is 71.1 Å². The van der Waals surface area contributed by atoms with Crippen LogP contribution in [-0.4, -0.2) is 196 Å². The summed E-state index contributed by atoms with van der Waals surface area (Å²) in [4.78, 5) is 84.9. The molecule has 466 valence electrons. The normalized spacial score (nSPS) is 34.4. The molecule has 4 rings (SSSR count). The zero-order chi connectivity index (χ0) is 60.4. The number of nitrogens with one attached hydrogen (secondary N) is 1. The average molecular weight is 1160 g/mol. The Kier molecular flexibility index (Phi) is 31.3. The van der Waals surface area contributed by atoms with Gasteiger partial charge in [-0.25, -0.2) is 9.59 Å². The van der Waals surface area contributed by atoms with Crippen LogP contribution in [0.2, 0.25) is 0 Å². The van der Waals surface area contributed by atoms with Gasteiger partial charge in [0.05, 0.1) is 64.6 Å². The average Bonchev–Trinajstić information content (AvgIpc) is 3.30. The van der Waals surface area contributed by atoms with E-state index in [0.717, 1.165) is 16.9 Å². The Labute approximate surface area is 486 Å². The number of methoxy groups -OCH3 is 2. The Morgan fingerprint density at radius 3 is 2.12 bits per heavy atom. The van der Waals surface area contributed by atoms with Crippen LogP contribution in [0.3, 0.4) is 0 Å². The number of alkyl carbamates (subject to hydrolysis) is 1. The largest absolute Gasteiger partial charge is 0.459 e. The van der Waals surface area contributed by atoms with E-state index in [0.29, 0.717) is 97.6 Å². The number of aliphatic hydroxyl groups is 3. The minimum atomic E-state index is -2.49. The molecule has 2 amide bonds. The van der Waals surface area contributed by atoms with Crippen LogP contribution in [0, 0.1) is 29.6 Å². The Morgan fingerprint density at radius 2 is 1.46 bits per heavy atom. The van der Waals surface area contributed by atoms with Gasteiger partial charge in [0.15, 0.2) is 5.78 Å². The molecule has 21 heteroatoms. The number of ketones is 3. The molecule has 0 spiro atoms. The predicted molar refractivity (Wildman–Crippen MR) is 305 cm³/mol. The summed E-state index contributed by atoms with van der Waals surface area (Å²) in [5.41, 5.74) is 7.99. The molecule has 1 saturated carbocycles. The number of allylic oxidation sites excluding steroid dienone is 6. The topological polar surface area (TPSA) is 287 Å². The first-order chi connectivity index (χ1) is 39.1. The van der Waals surface area contributed by atoms with Crippen LogP contribution in [0.1, 0.15) is 132 Å². The third-order valence-corrected chi connectivity index (χ3v) is 16.2. The maximum atomic E-state index is 14.5. The van der Waals surface area contributed by atoms with Crippen LogP contribution in [0.25, 0.3) is 0 Å². The van der Waals surface area contributed by atoms with Crippen molar-refractivity contribution in [2.24, 2.45) is 35.3 Å². The highest BCUT2D eigenvalue weighted by Gasteiger charge is 2.53. The van der Waals surface area contributed by atoms with Gasteiger partial charge in [-0.2, -0.15) is 0 Å². The van der Waals surface area contributed by atoms with Crippen LogP contribution in [0.15, 0.2) is 47.6 Å². The molecule has 3 heterocycles. The van der Waals surface area contributed by atoms with Gasteiger partial charge in [-0.3, -0.25) is 19.2 Å². The monoisotopic (exact) mass is 1160 g/mol. The molecule has 1 aliphatic carbocycles. The standard InChI is InChI=1S/C61H99N3O18/c1-10-25-76-27-29-78-31-32-79-30-28-77-26-23-63-60(72)81-50-22-20-45(36-53(50)75-9)35-47(62)52-38-49(65)41(4)34-43(6)55(67)56(68)54(66)42(5)33-39(2)16-12-11-13-17-40(3)51(74-8)37-46-21-19-44(7)61(73,82-46)57(69)58(70)64-24-15-14-18-48(64)59(71)80-52/h11-13,16-17,34,39,41-42,44-48,50-53,55-56,67-68,73H,10,14-15,18-33,35-38,62H2,1-9H3,(H,63,72)/b13-11+,16-12+,40-17+,43-34+/t39-,41-,42-,44-,45+,46+,47-,48+,50-,51+,52+,53-,55-,56+,61-/m1/s1. The minimum Gasteiger partial charge on any atom is -0.459 e. The van der Waals surface area contributed by atoms with Crippen LogP contribution >= 0.6 is 0 Å². The lowest BCUT2D eigenvalue weighted by molar-refractivity contribution is -0.265. The number of piperidine rings is 1. The molecule has 0 aromatic carbocycles. The van der Waals surface area contributed by atoms with Gasteiger partial charge >= 0.3 is 12.1 Å². The highest BCUT2D eigenvalue weighted by Crippen LogP contribution is 2.37. The summed E-state index contributed by atoms with van der Waals surface area (Å²) in [6, 6.07) is -2.20. The van der Waals surface area contributed by atoms with E-state index in [4.69, 9.17) is 48.4 Å². The molecule has 0 radical (unpaired) electrons. The van der Waals surface area contributed by atoms with Gasteiger partial charge in [-0.15, -0.1) is 0 Å². The maximum absolute atomic E-state index is 14.5. The van der Waals surface area contributed by atoms with Crippen LogP contribution in [0.5, 0.6) is 0 Å². The third-order valence-electron chi connectivity index (χ3n) is 16.2. The molecule has 21 nitrogen and oxygen atoms in total. The summed E-state index contributed by atoms with van der Waals surface area (Å²) in [7, 11) is 3.07. The van der Waals surface area contributed by atoms with Crippen molar-refractivity contribution in [1.82, 2.24) is 10.2 Å². The molecule has 2 saturated heterocycles. The number of nitrogens with zero attached hydrogens (tertiary/aromatic N) is 1. The van der Waals surface area contributed by atoms with Gasteiger partial charge in [0, 0.05) is 70.6 Å². The van der Waals surface area contributed by atoms with Gasteiger partial charge < -0.3 is 73.9 Å². The molecule has 6 N–H and O–H groups in total. The Balaban J connectivity index is 1.50. The molecular weight excluding hydrogens is 1060 g/mol. The van der Waals surface area contributed by atoms with Crippen molar-refractivity contribution in [1.29, 1.82) is 0 Å². The van der Waals surface area contributed by atoms with E-state index < -0.39 is 114 Å². The first kappa shape index (κ1) is 70.2. The lowest BCUT2D eigenvalue weighted by atomic mass is 9.80. The number of aliphatic hydroxyl groups excluding tert-OH is 2. The predicted octanol–water partition coefficient (Wildman–Crippen LogP) is 5.43. The third kappa shape index (κ3) is 22.3. The fourth-order valence-corrected chi connectivity index (χ4v) is 11.1. The van der Waals surface area contributed by atoms with E-state index in [-0.39, 0.29) is 62.8 Å². The van der Waals surface area contributed by atoms with E-state index in [1.807, 2.05) is 51.2 Å². The second-order valence-electron chi connectivity index (χ2n) is 22.8. The number of fused-ring (bicyclic) bond motifs is 3. The van der Waals surface area contributed by atoms with Crippen LogP contribution in [0.4, 0.5) is 4.79 Å². The highest BCUT2D eigenvalue weighted by molar-refractivity contribution is 6.39. The number of nitrogens with two attached hydrogens (primary N) is 1. The number of amides is 2. The molecule has 82 heavy (non-hydrogen) atoms. The van der Waals surface area contributed by atoms with Crippen LogP contribution < -0.4 is 11.1 Å². The number of hydrogen-bond donors (Lipinski definition) is 5. The van der Waals surface area contributed by atoms with Crippen molar-refractivity contribution in [3.05, 3.63) is 47.6 Å². The fourth-order valence-electron chi connectivity index (χ4n) is 11.1. The molecule has 3 fully saturated rings. The van der Waals surface area contributed by atoms with Gasteiger partial charge in [0.2, 0.25) is 5.79 Å². The second kappa shape index (κ2) is 36.6. The maximum Gasteiger partial charge on any atom is 0.407 e. The van der Waals surface area contributed by atoms with Crippen molar-refractivity contribution >= 4 is 35.3 Å². The molecule has 2 bridgehead atoms. The fraction of sp³-hybridized carbons (Fsp3) is 0.770. The van der Waals surface area contributed by atoms with Crippen LogP contribution in [-0.2, 0) is 66.6 Å². The van der Waals surface area contributed by atoms with Gasteiger partial charge in [0.1, 0.15) is 36.2 Å². The van der Waals surface area contributed by atoms with E-state index in [9.17, 15) is 44.1 Å². The smallest absolute Gasteiger partial charge is 0.407 e. The number of rotatable bonds is 20. The van der Waals surface area contributed by atoms with Crippen molar-refractivity contribution < 1.29 is 86.7 Å². The van der Waals surface area contributed by atoms with E-state index in [2.05, 4.69) is 5.32 Å². The molecule has 0 aromatic rings. The van der Waals surface area contributed by atoms with Crippen molar-refractivity contribution in [2.45, 2.75) is 193 Å². The van der Waals surface area contributed by atoms with Crippen molar-refractivity contribution in [2.75, 3.05) is 80.2 Å². The van der Waals surface area contributed by atoms with E-state index in [1.54, 1.807) is 27.9 Å². The number of hydrogen-bond acceptors (Lipinski definition) is 19. The zero-order valence-corrected chi connectivity index (χ0v) is 50.3. The first-order valence-electron chi connectivity index (χ1n) is 29.8. The summed E-state index contributed by atoms with van der Waals surface area (Å²) in [6.07, 6.45) is 8.18. The number of carbonyl (C=O) groups is 6. The Hall–Kier alpha value is -4.26. The quantitative estimate of drug-likeness (QED) is 0.0440. The molecule has 4 aliphatic rings. The zero-order valence-electron chi connectivity index (χ0n) is 50.3. The second-order valence-corrected chi connectivity index (χ2v) is 22.8. The summed E-state index contributed by atoms with van der Waals surface area (Å²) >= 11 is 0. The number of esters is 1. The van der Waals surface area contributed by atoms with Crippen molar-refractivity contribution in [3.63, 3.8) is 0 Å². The molecular formula is C61H99N3O18. The SMILES string of the molecule is CCCOCCOCCOCCOCCNC(=O)O[C@@H]1CC[C@@H](C[C@@H](N)[C@@H]2CC(=O)[C@H](C)/C=C(\C)[C@@H](O)[C@@H](O)C(=O)[C@H](C)C[C@H](C)/C=C/C=C/C=C(\C)[C@@H](OC)C[C@@H]3CC[C@@H](C)[C@@](O)(O3)C(=O)C(=O)N3CCCC[C@H]3C(=O)O2)C[C@H]1OC. The minimum absolute atomic E-state index is 0.0138. The summed E-state index contributed by atoms with van der Waals surface area (Å²) in [6.45, 7) is 16.1. The summed E-state index contributed by atoms with van der Waals surface area (Å²) < 4.78 is 51.7. The van der Waals surface area contributed by atoms with Gasteiger partial charge in [-0.05, 0) is 107 Å². The van der Waals surface area contributed by atoms with Gasteiger partial charge in [0.25, 0.3) is 11.7 Å². The molecule has 3 aliphatic heterocycles. The molecule has 0 aromatic heterocycles. The van der Waals surface area contributed by atoms with Crippen molar-refractivity contribution in [3.8, 4) is 0 Å². The number of carbonyl (C=O) groups excluding carboxylic acids is 6. The summed E-state index contributed by atoms with van der Waals surface area (Å²) in [5, 5.41) is 37.1. The highest BCUT2D eigenvalue weighted by atomic mass is 16.6. The lowest BCUT2D eigenvalue weighted by Crippen LogP contribution is -2.61. The Bertz CT molecular complexity index is 2140. The Morgan fingerprint density at radius 1 is 0.793 bits per heavy atom. The lowest BCUT2D eigenvalue weighted by Gasteiger charge is -2.42. The number of ether oxygens (including phenoxy) is 9. The number of cyclic esters (lactones) is 1. The molecule has 15 atom stereocenters.